The molecule has 0 spiro atoms. The van der Waals surface area contributed by atoms with E-state index in [0.717, 1.165) is 44.8 Å². The predicted octanol–water partition coefficient (Wildman–Crippen LogP) is 2.55. The molecule has 1 heterocycles. The molecule has 1 aromatic rings. The fourth-order valence-electron chi connectivity index (χ4n) is 3.72. The van der Waals surface area contributed by atoms with E-state index in [-0.39, 0.29) is 24.0 Å². The van der Waals surface area contributed by atoms with Crippen molar-refractivity contribution in [3.63, 3.8) is 0 Å². The van der Waals surface area contributed by atoms with Gasteiger partial charge in [-0.1, -0.05) is 19.1 Å². The first-order valence-corrected chi connectivity index (χ1v) is 9.38. The zero-order chi connectivity index (χ0) is 16.8. The van der Waals surface area contributed by atoms with Crippen LogP contribution in [-0.4, -0.2) is 61.6 Å². The van der Waals surface area contributed by atoms with Gasteiger partial charge in [0.05, 0.1) is 6.54 Å². The minimum atomic E-state index is 0. The molecule has 5 nitrogen and oxygen atoms in total. The number of nitrogens with zero attached hydrogens (tertiary/aromatic N) is 3. The molecule has 0 radical (unpaired) electrons. The van der Waals surface area contributed by atoms with Crippen molar-refractivity contribution in [1.82, 2.24) is 9.80 Å². The summed E-state index contributed by atoms with van der Waals surface area (Å²) >= 11 is 0. The number of benzene rings is 1. The third-order valence-corrected chi connectivity index (χ3v) is 5.27. The zero-order valence-electron chi connectivity index (χ0n) is 15.3. The van der Waals surface area contributed by atoms with Gasteiger partial charge >= 0.3 is 0 Å². The van der Waals surface area contributed by atoms with Gasteiger partial charge in [0.15, 0.2) is 5.96 Å². The van der Waals surface area contributed by atoms with Gasteiger partial charge in [-0.2, -0.15) is 0 Å². The summed E-state index contributed by atoms with van der Waals surface area (Å²) in [6.45, 7) is 9.77. The summed E-state index contributed by atoms with van der Waals surface area (Å²) in [5.41, 5.74) is 10.1. The molecule has 3 N–H and O–H groups in total. The van der Waals surface area contributed by atoms with Crippen molar-refractivity contribution in [2.24, 2.45) is 10.7 Å². The second-order valence-corrected chi connectivity index (χ2v) is 6.82. The third-order valence-electron chi connectivity index (χ3n) is 5.27. The molecule has 6 heteroatoms. The fraction of sp³-hybridized carbons (Fsp3) is 0.632. The number of fused-ring (bicyclic) bond motifs is 1. The molecule has 1 aromatic carbocycles. The van der Waals surface area contributed by atoms with E-state index in [2.05, 4.69) is 45.2 Å². The van der Waals surface area contributed by atoms with E-state index in [1.54, 1.807) is 0 Å². The Labute approximate surface area is 169 Å². The topological polar surface area (TPSA) is 56.9 Å². The Hall–Kier alpha value is -0.860. The standard InChI is InChI=1S/C19H31N5.HI/c1-2-23-12-14-24(15-13-23)11-10-21-19(20)22-18-9-5-7-16-6-3-4-8-17(16)18;/h5,7,9H,2-4,6,8,10-15H2,1H3,(H3,20,21,22);1H. The number of likely N-dealkylation sites (N-methyl/N-ethyl adjacent to an activating group) is 1. The Bertz CT molecular complexity index is 567. The molecule has 140 valence electrons. The summed E-state index contributed by atoms with van der Waals surface area (Å²) in [5, 5.41) is 3.32. The van der Waals surface area contributed by atoms with Crippen LogP contribution in [0.4, 0.5) is 5.69 Å². The van der Waals surface area contributed by atoms with Crippen LogP contribution in [0.5, 0.6) is 0 Å². The number of guanidine groups is 1. The molecule has 0 bridgehead atoms. The first-order valence-electron chi connectivity index (χ1n) is 9.38. The average Bonchev–Trinajstić information content (AvgIpc) is 2.63. The number of nitrogens with two attached hydrogens (primary N) is 1. The summed E-state index contributed by atoms with van der Waals surface area (Å²) in [6.07, 6.45) is 4.90. The van der Waals surface area contributed by atoms with E-state index < -0.39 is 0 Å². The second-order valence-electron chi connectivity index (χ2n) is 6.82. The summed E-state index contributed by atoms with van der Waals surface area (Å²) in [7, 11) is 0. The molecule has 0 amide bonds. The summed E-state index contributed by atoms with van der Waals surface area (Å²) < 4.78 is 0. The number of hydrogen-bond donors (Lipinski definition) is 2. The lowest BCUT2D eigenvalue weighted by Crippen LogP contribution is -2.46. The highest BCUT2D eigenvalue weighted by molar-refractivity contribution is 14.0. The van der Waals surface area contributed by atoms with Crippen LogP contribution in [-0.2, 0) is 12.8 Å². The van der Waals surface area contributed by atoms with Gasteiger partial charge in [-0.05, 0) is 49.4 Å². The number of rotatable bonds is 5. The van der Waals surface area contributed by atoms with E-state index in [1.165, 1.54) is 43.5 Å². The SMILES string of the molecule is CCN1CCN(CCN=C(N)Nc2cccc3c2CCCC3)CC1.I. The first-order chi connectivity index (χ1) is 11.8. The lowest BCUT2D eigenvalue weighted by atomic mass is 9.90. The molecule has 0 unspecified atom stereocenters. The molecule has 25 heavy (non-hydrogen) atoms. The molecule has 0 saturated carbocycles. The summed E-state index contributed by atoms with van der Waals surface area (Å²) in [4.78, 5) is 9.50. The maximum Gasteiger partial charge on any atom is 0.193 e. The smallest absolute Gasteiger partial charge is 0.193 e. The second kappa shape index (κ2) is 10.3. The van der Waals surface area contributed by atoms with Gasteiger partial charge in [-0.25, -0.2) is 0 Å². The molecule has 0 atom stereocenters. The van der Waals surface area contributed by atoms with Crippen molar-refractivity contribution in [2.45, 2.75) is 32.6 Å². The third kappa shape index (κ3) is 5.82. The van der Waals surface area contributed by atoms with E-state index >= 15 is 0 Å². The van der Waals surface area contributed by atoms with Crippen molar-refractivity contribution in [3.8, 4) is 0 Å². The van der Waals surface area contributed by atoms with Crippen LogP contribution in [0.2, 0.25) is 0 Å². The molecule has 1 aliphatic heterocycles. The number of anilines is 1. The normalized spacial score (nSPS) is 19.2. The van der Waals surface area contributed by atoms with Gasteiger partial charge in [0.25, 0.3) is 0 Å². The quantitative estimate of drug-likeness (QED) is 0.406. The Morgan fingerprint density at radius 3 is 2.60 bits per heavy atom. The van der Waals surface area contributed by atoms with Gasteiger partial charge in [0.1, 0.15) is 0 Å². The molecular weight excluding hydrogens is 425 g/mol. The van der Waals surface area contributed by atoms with Crippen molar-refractivity contribution < 1.29 is 0 Å². The Morgan fingerprint density at radius 1 is 1.12 bits per heavy atom. The molecule has 2 aliphatic rings. The van der Waals surface area contributed by atoms with Crippen LogP contribution < -0.4 is 11.1 Å². The summed E-state index contributed by atoms with van der Waals surface area (Å²) in [5.74, 6) is 0.543. The van der Waals surface area contributed by atoms with Crippen molar-refractivity contribution in [2.75, 3.05) is 51.1 Å². The van der Waals surface area contributed by atoms with Gasteiger partial charge in [0.2, 0.25) is 0 Å². The maximum atomic E-state index is 6.11. The van der Waals surface area contributed by atoms with E-state index in [4.69, 9.17) is 5.73 Å². The number of hydrogen-bond acceptors (Lipinski definition) is 3. The van der Waals surface area contributed by atoms with Crippen LogP contribution in [0.25, 0.3) is 0 Å². The van der Waals surface area contributed by atoms with E-state index in [0.29, 0.717) is 5.96 Å². The highest BCUT2D eigenvalue weighted by Gasteiger charge is 2.15. The molecule has 1 saturated heterocycles. The Kier molecular flexibility index (Phi) is 8.45. The molecule has 0 aromatic heterocycles. The average molecular weight is 457 g/mol. The van der Waals surface area contributed by atoms with E-state index in [9.17, 15) is 0 Å². The fourth-order valence-corrected chi connectivity index (χ4v) is 3.72. The van der Waals surface area contributed by atoms with Crippen molar-refractivity contribution in [3.05, 3.63) is 29.3 Å². The van der Waals surface area contributed by atoms with Crippen LogP contribution >= 0.6 is 24.0 Å². The molecule has 1 aliphatic carbocycles. The summed E-state index contributed by atoms with van der Waals surface area (Å²) in [6, 6.07) is 6.48. The largest absolute Gasteiger partial charge is 0.370 e. The first kappa shape index (κ1) is 20.5. The highest BCUT2D eigenvalue weighted by Crippen LogP contribution is 2.27. The van der Waals surface area contributed by atoms with Gasteiger partial charge in [-0.3, -0.25) is 9.89 Å². The lowest BCUT2D eigenvalue weighted by molar-refractivity contribution is 0.140. The number of nitrogens with one attached hydrogen (secondary N) is 1. The zero-order valence-corrected chi connectivity index (χ0v) is 17.7. The predicted molar refractivity (Wildman–Crippen MR) is 117 cm³/mol. The van der Waals surface area contributed by atoms with Crippen LogP contribution in [0.1, 0.15) is 30.9 Å². The Morgan fingerprint density at radius 2 is 1.84 bits per heavy atom. The maximum absolute atomic E-state index is 6.11. The number of aliphatic imine (C=N–C) groups is 1. The highest BCUT2D eigenvalue weighted by atomic mass is 127. The number of piperazine rings is 1. The molecule has 3 rings (SSSR count). The minimum absolute atomic E-state index is 0. The molecule has 1 fully saturated rings. The van der Waals surface area contributed by atoms with Crippen molar-refractivity contribution >= 4 is 35.6 Å². The van der Waals surface area contributed by atoms with Gasteiger partial charge in [-0.15, -0.1) is 24.0 Å². The molecular formula is C19H32IN5. The van der Waals surface area contributed by atoms with Crippen molar-refractivity contribution in [1.29, 1.82) is 0 Å². The Balaban J connectivity index is 0.00000225. The van der Waals surface area contributed by atoms with Gasteiger partial charge < -0.3 is 16.0 Å². The lowest BCUT2D eigenvalue weighted by Gasteiger charge is -2.33. The number of halogens is 1. The van der Waals surface area contributed by atoms with Gasteiger partial charge in [0, 0.05) is 38.4 Å². The van der Waals surface area contributed by atoms with Crippen LogP contribution in [0.3, 0.4) is 0 Å². The van der Waals surface area contributed by atoms with Crippen LogP contribution in [0, 0.1) is 0 Å². The van der Waals surface area contributed by atoms with E-state index in [1.807, 2.05) is 0 Å². The monoisotopic (exact) mass is 457 g/mol. The minimum Gasteiger partial charge on any atom is -0.370 e. The van der Waals surface area contributed by atoms with Crippen LogP contribution in [0.15, 0.2) is 23.2 Å². The number of aryl methyl sites for hydroxylation is 1.